The lowest BCUT2D eigenvalue weighted by molar-refractivity contribution is 0.177. The van der Waals surface area contributed by atoms with E-state index in [4.69, 9.17) is 4.98 Å². The van der Waals surface area contributed by atoms with Crippen LogP contribution in [0.4, 0.5) is 5.95 Å². The molecule has 4 heterocycles. The second kappa shape index (κ2) is 6.28. The van der Waals surface area contributed by atoms with Crippen molar-refractivity contribution in [2.75, 3.05) is 19.4 Å². The van der Waals surface area contributed by atoms with Crippen LogP contribution in [0.2, 0.25) is 0 Å². The minimum Gasteiger partial charge on any atom is -0.350 e. The van der Waals surface area contributed by atoms with Gasteiger partial charge < -0.3 is 10.2 Å². The Morgan fingerprint density at radius 1 is 1.07 bits per heavy atom. The number of rotatable bonds is 4. The zero-order chi connectivity index (χ0) is 18.4. The molecule has 7 nitrogen and oxygen atoms in total. The van der Waals surface area contributed by atoms with E-state index in [2.05, 4.69) is 39.4 Å². The third-order valence-corrected chi connectivity index (χ3v) is 5.33. The van der Waals surface area contributed by atoms with Crippen molar-refractivity contribution in [1.82, 2.24) is 29.5 Å². The number of aromatic nitrogens is 5. The molecule has 1 aliphatic rings. The van der Waals surface area contributed by atoms with Crippen LogP contribution in [0.1, 0.15) is 12.8 Å². The Morgan fingerprint density at radius 2 is 1.96 bits per heavy atom. The number of nitrogens with zero attached hydrogens (tertiary/aromatic N) is 6. The maximum Gasteiger partial charge on any atom is 0.241 e. The number of fused-ring (bicyclic) bond motifs is 2. The predicted octanol–water partition coefficient (Wildman–Crippen LogP) is 2.84. The summed E-state index contributed by atoms with van der Waals surface area (Å²) in [6, 6.07) is 11.0. The number of pyridine rings is 2. The van der Waals surface area contributed by atoms with E-state index in [-0.39, 0.29) is 0 Å². The van der Waals surface area contributed by atoms with E-state index >= 15 is 0 Å². The van der Waals surface area contributed by atoms with Crippen molar-refractivity contribution in [3.8, 4) is 11.3 Å². The molecule has 0 spiro atoms. The molecule has 7 heteroatoms. The van der Waals surface area contributed by atoms with Gasteiger partial charge in [-0.05, 0) is 57.3 Å². The highest BCUT2D eigenvalue weighted by atomic mass is 15.3. The average Bonchev–Trinajstić information content (AvgIpc) is 3.07. The summed E-state index contributed by atoms with van der Waals surface area (Å²) in [6.45, 7) is 0. The second-order valence-corrected chi connectivity index (χ2v) is 7.31. The van der Waals surface area contributed by atoms with Crippen LogP contribution in [0.5, 0.6) is 0 Å². The number of hydrogen-bond donors (Lipinski definition) is 1. The fourth-order valence-electron chi connectivity index (χ4n) is 3.60. The summed E-state index contributed by atoms with van der Waals surface area (Å²) in [5.74, 6) is 0.669. The molecule has 5 rings (SSSR count). The van der Waals surface area contributed by atoms with E-state index in [1.54, 1.807) is 6.20 Å². The highest BCUT2D eigenvalue weighted by Crippen LogP contribution is 2.28. The Kier molecular flexibility index (Phi) is 3.75. The molecule has 1 saturated carbocycles. The van der Waals surface area contributed by atoms with E-state index in [1.165, 1.54) is 0 Å². The maximum atomic E-state index is 4.73. The SMILES string of the molecule is CN(C)[C@H]1C[C@H](Nc2ncc3c(-c4ccc5ncccc5n4)ccn3n2)C1. The molecule has 0 bridgehead atoms. The molecule has 0 aromatic carbocycles. The van der Waals surface area contributed by atoms with Gasteiger partial charge >= 0.3 is 0 Å². The summed E-state index contributed by atoms with van der Waals surface area (Å²) >= 11 is 0. The van der Waals surface area contributed by atoms with E-state index in [0.29, 0.717) is 18.0 Å². The van der Waals surface area contributed by atoms with Crippen LogP contribution in [0, 0.1) is 0 Å². The minimum atomic E-state index is 0.444. The van der Waals surface area contributed by atoms with Crippen LogP contribution in [0.25, 0.3) is 27.8 Å². The van der Waals surface area contributed by atoms with Gasteiger partial charge in [-0.2, -0.15) is 0 Å². The Morgan fingerprint density at radius 3 is 2.81 bits per heavy atom. The van der Waals surface area contributed by atoms with Crippen LogP contribution >= 0.6 is 0 Å². The second-order valence-electron chi connectivity index (χ2n) is 7.31. The van der Waals surface area contributed by atoms with Gasteiger partial charge in [-0.25, -0.2) is 14.5 Å². The first-order chi connectivity index (χ1) is 13.2. The first kappa shape index (κ1) is 16.1. The standard InChI is InChI=1S/C20H21N7/c1-26(2)14-10-13(11-14)23-20-22-12-19-15(7-9-27(19)25-20)16-5-6-17-18(24-16)4-3-8-21-17/h3-9,12-14H,10-11H2,1-2H3,(H,23,25)/t13-,14-. The van der Waals surface area contributed by atoms with Crippen molar-refractivity contribution in [1.29, 1.82) is 0 Å². The lowest BCUT2D eigenvalue weighted by Gasteiger charge is -2.39. The van der Waals surface area contributed by atoms with Crippen molar-refractivity contribution in [3.63, 3.8) is 0 Å². The summed E-state index contributed by atoms with van der Waals surface area (Å²) in [7, 11) is 4.25. The molecular formula is C20H21N7. The van der Waals surface area contributed by atoms with Gasteiger partial charge in [0, 0.05) is 30.0 Å². The van der Waals surface area contributed by atoms with Gasteiger partial charge in [-0.3, -0.25) is 4.98 Å². The number of hydrogen-bond acceptors (Lipinski definition) is 6. The Bertz CT molecular complexity index is 1110. The van der Waals surface area contributed by atoms with Crippen molar-refractivity contribution in [2.24, 2.45) is 0 Å². The summed E-state index contributed by atoms with van der Waals surface area (Å²) in [5.41, 5.74) is 4.63. The van der Waals surface area contributed by atoms with Gasteiger partial charge in [-0.15, -0.1) is 5.10 Å². The Balaban J connectivity index is 1.41. The molecule has 0 amide bonds. The van der Waals surface area contributed by atoms with Crippen molar-refractivity contribution in [3.05, 3.63) is 48.9 Å². The van der Waals surface area contributed by atoms with Crippen molar-refractivity contribution < 1.29 is 0 Å². The normalized spacial score (nSPS) is 19.5. The molecule has 1 aliphatic carbocycles. The lowest BCUT2D eigenvalue weighted by Crippen LogP contribution is -2.47. The minimum absolute atomic E-state index is 0.444. The monoisotopic (exact) mass is 359 g/mol. The molecule has 136 valence electrons. The number of nitrogens with one attached hydrogen (secondary N) is 1. The maximum absolute atomic E-state index is 4.73. The van der Waals surface area contributed by atoms with Gasteiger partial charge in [0.1, 0.15) is 0 Å². The first-order valence-corrected chi connectivity index (χ1v) is 9.17. The fourth-order valence-corrected chi connectivity index (χ4v) is 3.60. The molecule has 0 aliphatic heterocycles. The third kappa shape index (κ3) is 2.90. The average molecular weight is 359 g/mol. The number of anilines is 1. The lowest BCUT2D eigenvalue weighted by atomic mass is 9.86. The summed E-state index contributed by atoms with van der Waals surface area (Å²) in [5, 5.41) is 8.05. The van der Waals surface area contributed by atoms with Gasteiger partial charge in [0.05, 0.1) is 28.4 Å². The zero-order valence-corrected chi connectivity index (χ0v) is 15.4. The molecule has 4 aromatic rings. The van der Waals surface area contributed by atoms with Crippen LogP contribution < -0.4 is 5.32 Å². The van der Waals surface area contributed by atoms with Gasteiger partial charge in [0.2, 0.25) is 5.95 Å². The van der Waals surface area contributed by atoms with E-state index in [1.807, 2.05) is 47.2 Å². The molecular weight excluding hydrogens is 338 g/mol. The predicted molar refractivity (Wildman–Crippen MR) is 106 cm³/mol. The fraction of sp³-hybridized carbons (Fsp3) is 0.300. The molecule has 1 fully saturated rings. The highest BCUT2D eigenvalue weighted by Gasteiger charge is 2.30. The highest BCUT2D eigenvalue weighted by molar-refractivity contribution is 5.83. The zero-order valence-electron chi connectivity index (χ0n) is 15.4. The Hall–Kier alpha value is -3.06. The van der Waals surface area contributed by atoms with Gasteiger partial charge in [0.15, 0.2) is 0 Å². The molecule has 27 heavy (non-hydrogen) atoms. The quantitative estimate of drug-likeness (QED) is 0.604. The van der Waals surface area contributed by atoms with E-state index in [0.717, 1.165) is 40.6 Å². The molecule has 0 atom stereocenters. The molecule has 0 radical (unpaired) electrons. The molecule has 0 unspecified atom stereocenters. The smallest absolute Gasteiger partial charge is 0.241 e. The van der Waals surface area contributed by atoms with Gasteiger partial charge in [0.25, 0.3) is 0 Å². The van der Waals surface area contributed by atoms with Gasteiger partial charge in [-0.1, -0.05) is 0 Å². The molecule has 0 saturated heterocycles. The van der Waals surface area contributed by atoms with Crippen LogP contribution in [-0.4, -0.2) is 55.6 Å². The molecule has 4 aromatic heterocycles. The van der Waals surface area contributed by atoms with Crippen LogP contribution in [0.3, 0.4) is 0 Å². The summed E-state index contributed by atoms with van der Waals surface area (Å²) in [4.78, 5) is 15.9. The topological polar surface area (TPSA) is 71.2 Å². The third-order valence-electron chi connectivity index (χ3n) is 5.33. The van der Waals surface area contributed by atoms with E-state index < -0.39 is 0 Å². The van der Waals surface area contributed by atoms with Crippen molar-refractivity contribution in [2.45, 2.75) is 24.9 Å². The van der Waals surface area contributed by atoms with Crippen LogP contribution in [-0.2, 0) is 0 Å². The summed E-state index contributed by atoms with van der Waals surface area (Å²) < 4.78 is 1.86. The van der Waals surface area contributed by atoms with Crippen LogP contribution in [0.15, 0.2) is 48.9 Å². The van der Waals surface area contributed by atoms with E-state index in [9.17, 15) is 0 Å². The van der Waals surface area contributed by atoms with Crippen molar-refractivity contribution >= 4 is 22.5 Å². The summed E-state index contributed by atoms with van der Waals surface area (Å²) in [6.07, 6.45) is 7.85. The largest absolute Gasteiger partial charge is 0.350 e. The Labute approximate surface area is 157 Å². The first-order valence-electron chi connectivity index (χ1n) is 9.17. The molecule has 1 N–H and O–H groups in total.